The van der Waals surface area contributed by atoms with Gasteiger partial charge < -0.3 is 41.1 Å². The second kappa shape index (κ2) is 7.15. The van der Waals surface area contributed by atoms with Crippen LogP contribution in [-0.4, -0.2) is 69.3 Å². The minimum atomic E-state index is -4.64. The second-order valence-electron chi connectivity index (χ2n) is 5.07. The predicted octanol–water partition coefficient (Wildman–Crippen LogP) is -3.65. The number of nitrogens with one attached hydrogen (secondary N) is 1. The Morgan fingerprint density at radius 1 is 1.32 bits per heavy atom. The number of phosphoric acid groups is 1. The van der Waals surface area contributed by atoms with E-state index in [1.807, 2.05) is 0 Å². The highest BCUT2D eigenvalue weighted by molar-refractivity contribution is 7.45. The number of fused-ring (bicyclic) bond motifs is 1. The molecule has 0 bridgehead atoms. The molecule has 0 unspecified atom stereocenters. The predicted molar refractivity (Wildman–Crippen MR) is 81.8 cm³/mol. The molecular formula is C10H17N6O8P. The Labute approximate surface area is 138 Å². The van der Waals surface area contributed by atoms with Crippen LogP contribution in [0, 0.1) is 0 Å². The number of hydrogen-bond donors (Lipinski definition) is 8. The van der Waals surface area contributed by atoms with Crippen LogP contribution in [0.3, 0.4) is 0 Å². The first-order valence-electron chi connectivity index (χ1n) is 6.75. The van der Waals surface area contributed by atoms with E-state index in [9.17, 15) is 15.0 Å². The fourth-order valence-electron chi connectivity index (χ4n) is 2.28. The van der Waals surface area contributed by atoms with Crippen molar-refractivity contribution in [2.45, 2.75) is 24.5 Å². The lowest BCUT2D eigenvalue weighted by Crippen LogP contribution is -2.35. The van der Waals surface area contributed by atoms with E-state index in [0.717, 1.165) is 0 Å². The Hall–Kier alpha value is -1.90. The maximum Gasteiger partial charge on any atom is 0.466 e. The van der Waals surface area contributed by atoms with E-state index < -0.39 is 37.9 Å². The Morgan fingerprint density at radius 3 is 2.44 bits per heavy atom. The molecule has 3 heterocycles. The number of nitrogens with two attached hydrogens (primary N) is 2. The third-order valence-corrected chi connectivity index (χ3v) is 3.29. The van der Waals surface area contributed by atoms with E-state index in [1.54, 1.807) is 0 Å². The van der Waals surface area contributed by atoms with Crippen LogP contribution >= 0.6 is 7.82 Å². The molecule has 10 N–H and O–H groups in total. The van der Waals surface area contributed by atoms with Gasteiger partial charge in [0, 0.05) is 6.54 Å². The molecule has 0 aliphatic carbocycles. The van der Waals surface area contributed by atoms with Gasteiger partial charge in [0.1, 0.15) is 18.3 Å². The average Bonchev–Trinajstić information content (AvgIpc) is 3.00. The van der Waals surface area contributed by atoms with Crippen molar-refractivity contribution in [3.8, 4) is 0 Å². The Morgan fingerprint density at radius 2 is 1.92 bits per heavy atom. The number of aliphatic hydroxyl groups is 2. The number of H-pyrrole nitrogens is 1. The molecule has 25 heavy (non-hydrogen) atoms. The molecule has 1 aliphatic heterocycles. The summed E-state index contributed by atoms with van der Waals surface area (Å²) in [6.45, 7) is 0.0531. The number of ether oxygens (including phenoxy) is 1. The van der Waals surface area contributed by atoms with Crippen molar-refractivity contribution in [2.75, 3.05) is 12.3 Å². The Balaban J connectivity index is 0.000000399. The summed E-state index contributed by atoms with van der Waals surface area (Å²) in [5, 5.41) is 19.8. The van der Waals surface area contributed by atoms with Gasteiger partial charge in [0.05, 0.1) is 6.33 Å². The van der Waals surface area contributed by atoms with Crippen LogP contribution in [0.5, 0.6) is 0 Å². The highest BCUT2D eigenvalue weighted by atomic mass is 31.2. The zero-order valence-electron chi connectivity index (χ0n) is 12.5. The molecule has 2 aromatic rings. The summed E-state index contributed by atoms with van der Waals surface area (Å²) in [5.41, 5.74) is 10.7. The first-order chi connectivity index (χ1) is 11.5. The molecular weight excluding hydrogens is 363 g/mol. The summed E-state index contributed by atoms with van der Waals surface area (Å²) in [5.74, 6) is -0.0762. The normalized spacial score (nSPS) is 26.5. The molecule has 140 valence electrons. The van der Waals surface area contributed by atoms with Crippen LogP contribution in [-0.2, 0) is 9.30 Å². The maximum absolute atomic E-state index is 11.7. The zero-order valence-corrected chi connectivity index (χ0v) is 13.4. The minimum absolute atomic E-state index is 0.0531. The van der Waals surface area contributed by atoms with Crippen LogP contribution < -0.4 is 17.0 Å². The lowest BCUT2D eigenvalue weighted by Gasteiger charge is -2.16. The van der Waals surface area contributed by atoms with Gasteiger partial charge in [0.2, 0.25) is 5.95 Å². The van der Waals surface area contributed by atoms with Crippen molar-refractivity contribution in [1.82, 2.24) is 19.5 Å². The van der Waals surface area contributed by atoms with E-state index >= 15 is 0 Å². The number of nitrogens with zero attached hydrogens (tertiary/aromatic N) is 3. The molecule has 1 fully saturated rings. The number of hydrogen-bond acceptors (Lipinski definition) is 9. The van der Waals surface area contributed by atoms with Gasteiger partial charge in [-0.1, -0.05) is 0 Å². The topological polar surface area (TPSA) is 243 Å². The zero-order chi connectivity index (χ0) is 18.9. The van der Waals surface area contributed by atoms with Crippen LogP contribution in [0.25, 0.3) is 11.2 Å². The number of rotatable bonds is 2. The van der Waals surface area contributed by atoms with Crippen LogP contribution in [0.15, 0.2) is 11.1 Å². The van der Waals surface area contributed by atoms with Gasteiger partial charge in [-0.3, -0.25) is 14.3 Å². The van der Waals surface area contributed by atoms with Gasteiger partial charge in [-0.25, -0.2) is 9.55 Å². The van der Waals surface area contributed by atoms with Crippen molar-refractivity contribution in [3.05, 3.63) is 16.7 Å². The van der Waals surface area contributed by atoms with Crippen molar-refractivity contribution < 1.29 is 34.2 Å². The van der Waals surface area contributed by atoms with Gasteiger partial charge >= 0.3 is 7.82 Å². The SMILES string of the molecule is NC[C@H]1O[C@@H](n2cnc3c(=O)[nH]c(N)nc32)[C@H](O)[C@@H]1O.O=P(O)(O)O. The molecule has 0 amide bonds. The first kappa shape index (κ1) is 19.4. The summed E-state index contributed by atoms with van der Waals surface area (Å²) < 4.78 is 15.7. The fraction of sp³-hybridized carbons (Fsp3) is 0.500. The largest absolute Gasteiger partial charge is 0.466 e. The van der Waals surface area contributed by atoms with E-state index in [-0.39, 0.29) is 23.7 Å². The number of imidazole rings is 1. The molecule has 0 saturated carbocycles. The number of nitrogen functional groups attached to an aromatic ring is 1. The standard InChI is InChI=1S/C10H14N6O4.H3O4P/c11-1-3-5(17)6(18)9(20-3)16-2-13-4-7(16)14-10(12)15-8(4)19;1-5(2,3)4/h2-3,5-6,9,17-18H,1,11H2,(H3,12,14,15,19);(H3,1,2,3,4)/t3-,5-,6-,9-;/m1./s1. The fourth-order valence-corrected chi connectivity index (χ4v) is 2.28. The van der Waals surface area contributed by atoms with Gasteiger partial charge in [0.15, 0.2) is 17.4 Å². The molecule has 0 spiro atoms. The summed E-state index contributed by atoms with van der Waals surface area (Å²) in [4.78, 5) is 43.4. The molecule has 0 radical (unpaired) electrons. The Kier molecular flexibility index (Phi) is 5.55. The monoisotopic (exact) mass is 380 g/mol. The third kappa shape index (κ3) is 4.39. The molecule has 15 heteroatoms. The van der Waals surface area contributed by atoms with Crippen LogP contribution in [0.1, 0.15) is 6.23 Å². The molecule has 4 atom stereocenters. The van der Waals surface area contributed by atoms with Crippen LogP contribution in [0.4, 0.5) is 5.95 Å². The van der Waals surface area contributed by atoms with Gasteiger partial charge in [-0.05, 0) is 0 Å². The summed E-state index contributed by atoms with van der Waals surface area (Å²) in [6.07, 6.45) is -2.67. The minimum Gasteiger partial charge on any atom is -0.387 e. The number of anilines is 1. The Bertz CT molecular complexity index is 839. The third-order valence-electron chi connectivity index (χ3n) is 3.29. The van der Waals surface area contributed by atoms with Gasteiger partial charge in [-0.2, -0.15) is 4.98 Å². The molecule has 0 aromatic carbocycles. The van der Waals surface area contributed by atoms with Gasteiger partial charge in [-0.15, -0.1) is 0 Å². The van der Waals surface area contributed by atoms with E-state index in [2.05, 4.69) is 15.0 Å². The van der Waals surface area contributed by atoms with Gasteiger partial charge in [0.25, 0.3) is 5.56 Å². The van der Waals surface area contributed by atoms with Crippen molar-refractivity contribution in [3.63, 3.8) is 0 Å². The first-order valence-corrected chi connectivity index (χ1v) is 8.31. The lowest BCUT2D eigenvalue weighted by molar-refractivity contribution is -0.0321. The van der Waals surface area contributed by atoms with E-state index in [0.29, 0.717) is 0 Å². The highest BCUT2D eigenvalue weighted by Gasteiger charge is 2.43. The summed E-state index contributed by atoms with van der Waals surface area (Å²) >= 11 is 0. The quantitative estimate of drug-likeness (QED) is 0.235. The summed E-state index contributed by atoms with van der Waals surface area (Å²) in [7, 11) is -4.64. The second-order valence-corrected chi connectivity index (χ2v) is 6.10. The molecule has 3 rings (SSSR count). The van der Waals surface area contributed by atoms with E-state index in [4.69, 9.17) is 35.4 Å². The number of aromatic nitrogens is 4. The average molecular weight is 380 g/mol. The van der Waals surface area contributed by atoms with Crippen molar-refractivity contribution in [2.24, 2.45) is 5.73 Å². The molecule has 14 nitrogen and oxygen atoms in total. The molecule has 1 saturated heterocycles. The molecule has 1 aliphatic rings. The lowest BCUT2D eigenvalue weighted by atomic mass is 10.1. The van der Waals surface area contributed by atoms with E-state index in [1.165, 1.54) is 10.9 Å². The number of aromatic amines is 1. The maximum atomic E-state index is 11.7. The summed E-state index contributed by atoms with van der Waals surface area (Å²) in [6, 6.07) is 0. The van der Waals surface area contributed by atoms with Crippen molar-refractivity contribution >= 4 is 24.9 Å². The molecule has 2 aromatic heterocycles. The smallest absolute Gasteiger partial charge is 0.387 e. The van der Waals surface area contributed by atoms with Crippen molar-refractivity contribution in [1.29, 1.82) is 0 Å². The highest BCUT2D eigenvalue weighted by Crippen LogP contribution is 2.30. The number of aliphatic hydroxyl groups excluding tert-OH is 2. The van der Waals surface area contributed by atoms with Crippen LogP contribution in [0.2, 0.25) is 0 Å².